The van der Waals surface area contributed by atoms with E-state index in [-0.39, 0.29) is 11.9 Å². The lowest BCUT2D eigenvalue weighted by atomic mass is 9.96. The maximum absolute atomic E-state index is 13.5. The molecule has 3 aromatic rings. The topological polar surface area (TPSA) is 12.0 Å². The third kappa shape index (κ3) is 2.96. The maximum Gasteiger partial charge on any atom is 0.123 e. The summed E-state index contributed by atoms with van der Waals surface area (Å²) in [4.78, 5) is 0. The van der Waals surface area contributed by atoms with Crippen molar-refractivity contribution < 1.29 is 4.39 Å². The molecule has 1 atom stereocenters. The molecule has 3 rings (SSSR count). The Kier molecular flexibility index (Phi) is 3.98. The van der Waals surface area contributed by atoms with Gasteiger partial charge < -0.3 is 5.32 Å². The van der Waals surface area contributed by atoms with E-state index in [1.807, 2.05) is 18.2 Å². The Labute approximate surface area is 124 Å². The summed E-state index contributed by atoms with van der Waals surface area (Å²) < 4.78 is 13.5. The number of hydrogen-bond acceptors (Lipinski definition) is 1. The zero-order valence-corrected chi connectivity index (χ0v) is 12.0. The molecule has 1 N–H and O–H groups in total. The van der Waals surface area contributed by atoms with Crippen molar-refractivity contribution in [1.29, 1.82) is 0 Å². The van der Waals surface area contributed by atoms with Gasteiger partial charge in [-0.3, -0.25) is 0 Å². The minimum atomic E-state index is -0.198. The molecule has 3 aromatic carbocycles. The summed E-state index contributed by atoms with van der Waals surface area (Å²) in [6, 6.07) is 21.5. The third-order valence-corrected chi connectivity index (χ3v) is 3.70. The van der Waals surface area contributed by atoms with E-state index in [9.17, 15) is 4.39 Å². The van der Waals surface area contributed by atoms with Gasteiger partial charge in [-0.05, 0) is 46.6 Å². The van der Waals surface area contributed by atoms with Crippen LogP contribution in [0.2, 0.25) is 0 Å². The molecule has 0 aliphatic carbocycles. The van der Waals surface area contributed by atoms with E-state index >= 15 is 0 Å². The highest BCUT2D eigenvalue weighted by molar-refractivity contribution is 5.83. The van der Waals surface area contributed by atoms with Crippen molar-refractivity contribution in [1.82, 2.24) is 5.32 Å². The predicted molar refractivity (Wildman–Crippen MR) is 85.9 cm³/mol. The van der Waals surface area contributed by atoms with Crippen LogP contribution in [0.5, 0.6) is 0 Å². The molecule has 0 spiro atoms. The normalized spacial score (nSPS) is 12.5. The highest BCUT2D eigenvalue weighted by Crippen LogP contribution is 2.26. The summed E-state index contributed by atoms with van der Waals surface area (Å²) >= 11 is 0. The van der Waals surface area contributed by atoms with Crippen molar-refractivity contribution in [3.63, 3.8) is 0 Å². The molecule has 0 aromatic heterocycles. The van der Waals surface area contributed by atoms with Crippen LogP contribution in [0.25, 0.3) is 10.8 Å². The zero-order chi connectivity index (χ0) is 14.7. The maximum atomic E-state index is 13.5. The van der Waals surface area contributed by atoms with Crippen LogP contribution >= 0.6 is 0 Å². The second-order valence-corrected chi connectivity index (χ2v) is 5.15. The quantitative estimate of drug-likeness (QED) is 0.731. The largest absolute Gasteiger partial charge is 0.307 e. The molecule has 2 heteroatoms. The Balaban J connectivity index is 2.06. The van der Waals surface area contributed by atoms with Crippen molar-refractivity contribution in [3.05, 3.63) is 83.7 Å². The van der Waals surface area contributed by atoms with Crippen LogP contribution in [0, 0.1) is 5.82 Å². The number of halogens is 1. The molecule has 1 nitrogen and oxygen atoms in total. The fourth-order valence-electron chi connectivity index (χ4n) is 2.71. The minimum Gasteiger partial charge on any atom is -0.307 e. The standard InChI is InChI=1S/C19H18FN/c1-2-21-19(16-8-5-9-18(20)13-16)17-11-10-14-6-3-4-7-15(14)12-17/h3-13,19,21H,2H2,1H3. The van der Waals surface area contributed by atoms with E-state index in [2.05, 4.69) is 42.6 Å². The van der Waals surface area contributed by atoms with Gasteiger partial charge in [-0.2, -0.15) is 0 Å². The van der Waals surface area contributed by atoms with Gasteiger partial charge in [0.1, 0.15) is 5.82 Å². The first-order chi connectivity index (χ1) is 10.3. The Morgan fingerprint density at radius 2 is 1.62 bits per heavy atom. The summed E-state index contributed by atoms with van der Waals surface area (Å²) in [6.45, 7) is 2.89. The van der Waals surface area contributed by atoms with E-state index in [1.165, 1.54) is 16.8 Å². The minimum absolute atomic E-state index is 0.00954. The SMILES string of the molecule is CCNC(c1cccc(F)c1)c1ccc2ccccc2c1. The Morgan fingerprint density at radius 1 is 0.857 bits per heavy atom. The Hall–Kier alpha value is -2.19. The van der Waals surface area contributed by atoms with Gasteiger partial charge in [0, 0.05) is 0 Å². The summed E-state index contributed by atoms with van der Waals surface area (Å²) in [5.41, 5.74) is 2.10. The predicted octanol–water partition coefficient (Wildman–Crippen LogP) is 4.68. The average Bonchev–Trinajstić information content (AvgIpc) is 2.52. The summed E-state index contributed by atoms with van der Waals surface area (Å²) in [5, 5.41) is 5.86. The van der Waals surface area contributed by atoms with Gasteiger partial charge in [0.15, 0.2) is 0 Å². The van der Waals surface area contributed by atoms with Gasteiger partial charge in [-0.1, -0.05) is 55.5 Å². The summed E-state index contributed by atoms with van der Waals surface area (Å²) in [7, 11) is 0. The third-order valence-electron chi connectivity index (χ3n) is 3.70. The van der Waals surface area contributed by atoms with Crippen LogP contribution < -0.4 is 5.32 Å². The van der Waals surface area contributed by atoms with E-state index in [1.54, 1.807) is 12.1 Å². The molecule has 106 valence electrons. The van der Waals surface area contributed by atoms with Crippen molar-refractivity contribution in [2.45, 2.75) is 13.0 Å². The van der Waals surface area contributed by atoms with Crippen LogP contribution in [0.15, 0.2) is 66.7 Å². The Bertz CT molecular complexity index is 751. The van der Waals surface area contributed by atoms with Crippen molar-refractivity contribution >= 4 is 10.8 Å². The smallest absolute Gasteiger partial charge is 0.123 e. The molecule has 0 amide bonds. The number of fused-ring (bicyclic) bond motifs is 1. The zero-order valence-electron chi connectivity index (χ0n) is 12.0. The molecule has 0 heterocycles. The van der Waals surface area contributed by atoms with Crippen LogP contribution in [0.4, 0.5) is 4.39 Å². The van der Waals surface area contributed by atoms with Crippen molar-refractivity contribution in [2.75, 3.05) is 6.54 Å². The number of rotatable bonds is 4. The second-order valence-electron chi connectivity index (χ2n) is 5.15. The lowest BCUT2D eigenvalue weighted by Gasteiger charge is -2.19. The molecular weight excluding hydrogens is 261 g/mol. The highest BCUT2D eigenvalue weighted by atomic mass is 19.1. The Morgan fingerprint density at radius 3 is 2.38 bits per heavy atom. The molecule has 0 bridgehead atoms. The first-order valence-electron chi connectivity index (χ1n) is 7.25. The number of hydrogen-bond donors (Lipinski definition) is 1. The van der Waals surface area contributed by atoms with Crippen LogP contribution in [0.3, 0.4) is 0 Å². The van der Waals surface area contributed by atoms with Gasteiger partial charge in [-0.15, -0.1) is 0 Å². The van der Waals surface area contributed by atoms with Gasteiger partial charge in [0.2, 0.25) is 0 Å². The molecular formula is C19H18FN. The lowest BCUT2D eigenvalue weighted by Crippen LogP contribution is -2.22. The number of nitrogens with one attached hydrogen (secondary N) is 1. The highest BCUT2D eigenvalue weighted by Gasteiger charge is 2.13. The summed E-state index contributed by atoms with van der Waals surface area (Å²) in [5.74, 6) is -0.198. The average molecular weight is 279 g/mol. The summed E-state index contributed by atoms with van der Waals surface area (Å²) in [6.07, 6.45) is 0. The van der Waals surface area contributed by atoms with E-state index in [4.69, 9.17) is 0 Å². The van der Waals surface area contributed by atoms with Crippen LogP contribution in [-0.4, -0.2) is 6.54 Å². The van der Waals surface area contributed by atoms with Gasteiger partial charge in [0.25, 0.3) is 0 Å². The first kappa shape index (κ1) is 13.8. The molecule has 0 aliphatic rings. The number of benzene rings is 3. The molecule has 0 aliphatic heterocycles. The van der Waals surface area contributed by atoms with Crippen LogP contribution in [0.1, 0.15) is 24.1 Å². The molecule has 0 fully saturated rings. The van der Waals surface area contributed by atoms with Gasteiger partial charge in [0.05, 0.1) is 6.04 Å². The fourth-order valence-corrected chi connectivity index (χ4v) is 2.71. The monoisotopic (exact) mass is 279 g/mol. The molecule has 1 unspecified atom stereocenters. The van der Waals surface area contributed by atoms with Crippen molar-refractivity contribution in [3.8, 4) is 0 Å². The van der Waals surface area contributed by atoms with E-state index < -0.39 is 0 Å². The molecule has 21 heavy (non-hydrogen) atoms. The van der Waals surface area contributed by atoms with Crippen molar-refractivity contribution in [2.24, 2.45) is 0 Å². The molecule has 0 saturated heterocycles. The molecule has 0 radical (unpaired) electrons. The molecule has 0 saturated carbocycles. The van der Waals surface area contributed by atoms with Crippen LogP contribution in [-0.2, 0) is 0 Å². The fraction of sp³-hybridized carbons (Fsp3) is 0.158. The van der Waals surface area contributed by atoms with E-state index in [0.29, 0.717) is 0 Å². The first-order valence-corrected chi connectivity index (χ1v) is 7.25. The second kappa shape index (κ2) is 6.06. The van der Waals surface area contributed by atoms with E-state index in [0.717, 1.165) is 17.7 Å². The van der Waals surface area contributed by atoms with Gasteiger partial charge in [-0.25, -0.2) is 4.39 Å². The lowest BCUT2D eigenvalue weighted by molar-refractivity contribution is 0.603. The van der Waals surface area contributed by atoms with Gasteiger partial charge >= 0.3 is 0 Å².